The van der Waals surface area contributed by atoms with Gasteiger partial charge >= 0.3 is 14.6 Å². The molecule has 0 aliphatic heterocycles. The van der Waals surface area contributed by atoms with E-state index in [0.29, 0.717) is 5.76 Å². The summed E-state index contributed by atoms with van der Waals surface area (Å²) >= 11 is 1.49. The van der Waals surface area contributed by atoms with E-state index in [-0.39, 0.29) is 13.1 Å². The fourth-order valence-electron chi connectivity index (χ4n) is 1.33. The summed E-state index contributed by atoms with van der Waals surface area (Å²) in [5.74, 6) is 0.548. The molecule has 0 amide bonds. The highest BCUT2D eigenvalue weighted by molar-refractivity contribution is 7.21. The minimum Gasteiger partial charge on any atom is -0.465 e. The molecule has 17 heavy (non-hydrogen) atoms. The summed E-state index contributed by atoms with van der Waals surface area (Å²) in [6.45, 7) is 0. The summed E-state index contributed by atoms with van der Waals surface area (Å²) in [7, 11) is -1.54. The molecule has 2 aromatic rings. The maximum Gasteiger partial charge on any atom is 0.526 e. The van der Waals surface area contributed by atoms with Gasteiger partial charge in [-0.15, -0.1) is 11.3 Å². The predicted molar refractivity (Wildman–Crippen MR) is 70.8 cm³/mol. The van der Waals surface area contributed by atoms with E-state index in [1.807, 2.05) is 18.2 Å². The van der Waals surface area contributed by atoms with E-state index in [1.54, 1.807) is 12.1 Å². The van der Waals surface area contributed by atoms with Crippen molar-refractivity contribution in [2.75, 3.05) is 0 Å². The van der Waals surface area contributed by atoms with Crippen LogP contribution in [0.15, 0.2) is 28.7 Å². The van der Waals surface area contributed by atoms with E-state index < -0.39 is 7.12 Å². The zero-order chi connectivity index (χ0) is 12.3. The van der Waals surface area contributed by atoms with Crippen molar-refractivity contribution < 1.29 is 19.5 Å². The maximum absolute atomic E-state index is 8.91. The molecule has 0 saturated heterocycles. The lowest BCUT2D eigenvalue weighted by atomic mass is 9.88. The number of furan rings is 1. The van der Waals surface area contributed by atoms with Gasteiger partial charge in [-0.25, -0.2) is 0 Å². The van der Waals surface area contributed by atoms with E-state index in [1.165, 1.54) is 17.4 Å². The Labute approximate surface area is 103 Å². The molecule has 0 spiro atoms. The van der Waals surface area contributed by atoms with Gasteiger partial charge in [0, 0.05) is 9.65 Å². The lowest BCUT2D eigenvalue weighted by Gasteiger charge is -1.90. The zero-order valence-corrected chi connectivity index (χ0v) is 9.72. The van der Waals surface area contributed by atoms with Gasteiger partial charge in [0.15, 0.2) is 0 Å². The summed E-state index contributed by atoms with van der Waals surface area (Å²) in [4.78, 5) is 0.997. The van der Waals surface area contributed by atoms with E-state index >= 15 is 0 Å². The average molecular weight is 248 g/mol. The van der Waals surface area contributed by atoms with Crippen LogP contribution in [0.1, 0.15) is 10.6 Å². The second-order valence-electron chi connectivity index (χ2n) is 3.41. The van der Waals surface area contributed by atoms with Crippen molar-refractivity contribution in [1.82, 2.24) is 0 Å². The highest BCUT2D eigenvalue weighted by Gasteiger charge is 2.14. The average Bonchev–Trinajstić information content (AvgIpc) is 2.95. The molecule has 86 valence electrons. The molecule has 0 aliphatic carbocycles. The molecule has 2 aromatic heterocycles. The summed E-state index contributed by atoms with van der Waals surface area (Å²) in [6, 6.07) is 6.93. The predicted octanol–water partition coefficient (Wildman–Crippen LogP) is -0.840. The standard InChI is InChI=1S/C10H10B2O4S/c13-11-9-5-4-8(17-9)3-1-7-2-6-10(16-7)12(14)15/h1-6,11,13-15H/b3-1+. The molecule has 0 atom stereocenters. The summed E-state index contributed by atoms with van der Waals surface area (Å²) < 4.78 is 6.07. The second-order valence-corrected chi connectivity index (χ2v) is 4.61. The van der Waals surface area contributed by atoms with Gasteiger partial charge in [0.05, 0.1) is 0 Å². The normalized spacial score (nSPS) is 11.0. The Morgan fingerprint density at radius 3 is 2.59 bits per heavy atom. The number of hydrogen-bond donors (Lipinski definition) is 3. The van der Waals surface area contributed by atoms with E-state index in [0.717, 1.165) is 9.65 Å². The van der Waals surface area contributed by atoms with Crippen molar-refractivity contribution in [2.24, 2.45) is 0 Å². The summed E-state index contributed by atoms with van der Waals surface area (Å²) in [5.41, 5.74) is 0.117. The molecule has 0 radical (unpaired) electrons. The minimum atomic E-state index is -1.58. The van der Waals surface area contributed by atoms with E-state index in [2.05, 4.69) is 0 Å². The maximum atomic E-state index is 8.91. The van der Waals surface area contributed by atoms with Gasteiger partial charge < -0.3 is 19.5 Å². The molecule has 0 aromatic carbocycles. The third-order valence-corrected chi connectivity index (χ3v) is 3.19. The van der Waals surface area contributed by atoms with Crippen molar-refractivity contribution in [3.05, 3.63) is 34.9 Å². The Hall–Kier alpha value is -1.27. The van der Waals surface area contributed by atoms with Crippen molar-refractivity contribution in [3.63, 3.8) is 0 Å². The number of rotatable bonds is 4. The highest BCUT2D eigenvalue weighted by atomic mass is 32.1. The van der Waals surface area contributed by atoms with Crippen molar-refractivity contribution in [2.45, 2.75) is 0 Å². The third kappa shape index (κ3) is 3.10. The van der Waals surface area contributed by atoms with Crippen molar-refractivity contribution in [1.29, 1.82) is 0 Å². The first-order chi connectivity index (χ1) is 8.19. The van der Waals surface area contributed by atoms with Gasteiger partial charge in [-0.05, 0) is 30.4 Å². The Morgan fingerprint density at radius 1 is 1.18 bits per heavy atom. The molecule has 3 N–H and O–H groups in total. The molecular weight excluding hydrogens is 238 g/mol. The largest absolute Gasteiger partial charge is 0.526 e. The SMILES string of the molecule is OBc1ccc(/C=C/c2ccc(B(O)O)o2)s1. The van der Waals surface area contributed by atoms with Gasteiger partial charge in [-0.3, -0.25) is 0 Å². The molecule has 0 fully saturated rings. The summed E-state index contributed by atoms with van der Waals surface area (Å²) in [5, 5.41) is 26.7. The van der Waals surface area contributed by atoms with Crippen LogP contribution in [0.5, 0.6) is 0 Å². The first kappa shape index (κ1) is 12.2. The molecule has 2 rings (SSSR count). The molecular formula is C10H10B2O4S. The molecule has 0 unspecified atom stereocenters. The molecule has 4 nitrogen and oxygen atoms in total. The second kappa shape index (κ2) is 5.37. The molecule has 0 saturated carbocycles. The van der Waals surface area contributed by atoms with Gasteiger partial charge in [0.25, 0.3) is 0 Å². The smallest absolute Gasteiger partial charge is 0.465 e. The zero-order valence-electron chi connectivity index (χ0n) is 8.91. The first-order valence-corrected chi connectivity index (χ1v) is 5.84. The van der Waals surface area contributed by atoms with Crippen LogP contribution < -0.4 is 10.4 Å². The van der Waals surface area contributed by atoms with Crippen molar-refractivity contribution >= 4 is 48.5 Å². The van der Waals surface area contributed by atoms with Crippen LogP contribution in [0.3, 0.4) is 0 Å². The number of thiophene rings is 1. The van der Waals surface area contributed by atoms with Crippen LogP contribution in [-0.2, 0) is 0 Å². The Balaban J connectivity index is 2.08. The van der Waals surface area contributed by atoms with Crippen LogP contribution in [0.4, 0.5) is 0 Å². The molecule has 2 heterocycles. The quantitative estimate of drug-likeness (QED) is 0.617. The Kier molecular flexibility index (Phi) is 3.86. The third-order valence-electron chi connectivity index (χ3n) is 2.15. The van der Waals surface area contributed by atoms with Gasteiger partial charge in [0.1, 0.15) is 11.4 Å². The lowest BCUT2D eigenvalue weighted by molar-refractivity contribution is 0.409. The Bertz CT molecular complexity index is 518. The van der Waals surface area contributed by atoms with E-state index in [9.17, 15) is 0 Å². The molecule has 0 aliphatic rings. The van der Waals surface area contributed by atoms with Gasteiger partial charge in [-0.2, -0.15) is 0 Å². The van der Waals surface area contributed by atoms with Crippen LogP contribution in [0.2, 0.25) is 0 Å². The summed E-state index contributed by atoms with van der Waals surface area (Å²) in [6.07, 6.45) is 3.58. The van der Waals surface area contributed by atoms with Crippen molar-refractivity contribution in [3.8, 4) is 0 Å². The highest BCUT2D eigenvalue weighted by Crippen LogP contribution is 2.11. The van der Waals surface area contributed by atoms with Gasteiger partial charge in [-0.1, -0.05) is 6.07 Å². The molecule has 7 heteroatoms. The van der Waals surface area contributed by atoms with Crippen LogP contribution in [0, 0.1) is 0 Å². The monoisotopic (exact) mass is 248 g/mol. The first-order valence-electron chi connectivity index (χ1n) is 5.02. The Morgan fingerprint density at radius 2 is 2.00 bits per heavy atom. The van der Waals surface area contributed by atoms with Crippen LogP contribution in [0.25, 0.3) is 12.2 Å². The minimum absolute atomic E-state index is 0.0418. The van der Waals surface area contributed by atoms with E-state index in [4.69, 9.17) is 19.5 Å². The van der Waals surface area contributed by atoms with Gasteiger partial charge in [0.2, 0.25) is 0 Å². The number of hydrogen-bond acceptors (Lipinski definition) is 5. The van der Waals surface area contributed by atoms with Crippen LogP contribution in [-0.4, -0.2) is 29.7 Å². The molecule has 0 bridgehead atoms. The fourth-order valence-corrected chi connectivity index (χ4v) is 2.11. The topological polar surface area (TPSA) is 73.8 Å². The lowest BCUT2D eigenvalue weighted by Crippen LogP contribution is -2.27. The van der Waals surface area contributed by atoms with Crippen LogP contribution >= 0.6 is 11.3 Å². The fraction of sp³-hybridized carbons (Fsp3) is 0.